The van der Waals surface area contributed by atoms with E-state index in [-0.39, 0.29) is 5.75 Å². The summed E-state index contributed by atoms with van der Waals surface area (Å²) in [5.74, 6) is 0.150. The number of rotatable bonds is 6. The number of anilines is 1. The number of hydrogen-bond acceptors (Lipinski definition) is 6. The number of thiocarbonyl (C=S) groups is 1. The van der Waals surface area contributed by atoms with Gasteiger partial charge in [-0.05, 0) is 67.5 Å². The first-order valence-corrected chi connectivity index (χ1v) is 11.0. The van der Waals surface area contributed by atoms with Crippen LogP contribution in [-0.4, -0.2) is 37.4 Å². The van der Waals surface area contributed by atoms with Crippen LogP contribution in [0.25, 0.3) is 17.1 Å². The molecule has 0 saturated heterocycles. The Bertz CT molecular complexity index is 1360. The van der Waals surface area contributed by atoms with Gasteiger partial charge in [-0.25, -0.2) is 9.67 Å². The number of nitrogens with zero attached hydrogens (tertiary/aromatic N) is 5. The van der Waals surface area contributed by atoms with Crippen molar-refractivity contribution in [2.75, 3.05) is 5.32 Å². The number of pyridine rings is 1. The lowest BCUT2D eigenvalue weighted by molar-refractivity contribution is -0.274. The smallest absolute Gasteiger partial charge is 0.406 e. The average Bonchev–Trinajstić information content (AvgIpc) is 3.32. The molecule has 2 heterocycles. The summed E-state index contributed by atoms with van der Waals surface area (Å²) in [5, 5.41) is 12.0. The van der Waals surface area contributed by atoms with E-state index in [1.54, 1.807) is 12.4 Å². The van der Waals surface area contributed by atoms with Crippen LogP contribution in [0, 0.1) is 13.8 Å². The number of nitrogens with one attached hydrogen (secondary N) is 2. The van der Waals surface area contributed by atoms with Gasteiger partial charge in [0.2, 0.25) is 0 Å². The first kappa shape index (κ1) is 24.8. The largest absolute Gasteiger partial charge is 0.573 e. The Kier molecular flexibility index (Phi) is 7.25. The normalized spacial score (nSPS) is 11.5. The minimum atomic E-state index is -4.74. The molecule has 8 nitrogen and oxygen atoms in total. The van der Waals surface area contributed by atoms with Gasteiger partial charge in [0.1, 0.15) is 12.1 Å². The quantitative estimate of drug-likeness (QED) is 0.210. The number of ether oxygens (including phenoxy) is 1. The first-order valence-electron chi connectivity index (χ1n) is 10.6. The van der Waals surface area contributed by atoms with Crippen LogP contribution in [0.3, 0.4) is 0 Å². The Hall–Kier alpha value is -4.32. The number of hydrazone groups is 1. The average molecular weight is 512 g/mol. The molecule has 0 aliphatic rings. The summed E-state index contributed by atoms with van der Waals surface area (Å²) >= 11 is 5.29. The molecule has 0 radical (unpaired) electrons. The molecule has 12 heteroatoms. The van der Waals surface area contributed by atoms with Crippen molar-refractivity contribution in [2.45, 2.75) is 20.2 Å². The molecule has 184 valence electrons. The monoisotopic (exact) mass is 511 g/mol. The Morgan fingerprint density at radius 1 is 1.03 bits per heavy atom. The third kappa shape index (κ3) is 6.42. The van der Waals surface area contributed by atoms with Gasteiger partial charge < -0.3 is 10.1 Å². The lowest BCUT2D eigenvalue weighted by Crippen LogP contribution is -2.24. The summed E-state index contributed by atoms with van der Waals surface area (Å²) in [7, 11) is 0. The summed E-state index contributed by atoms with van der Waals surface area (Å²) in [6, 6.07) is 14.6. The van der Waals surface area contributed by atoms with Gasteiger partial charge in [0.25, 0.3) is 0 Å². The van der Waals surface area contributed by atoms with Crippen LogP contribution in [0.1, 0.15) is 16.8 Å². The molecule has 0 atom stereocenters. The summed E-state index contributed by atoms with van der Waals surface area (Å²) in [6.07, 6.45) is 0.101. The Morgan fingerprint density at radius 2 is 1.75 bits per heavy atom. The van der Waals surface area contributed by atoms with Gasteiger partial charge in [0.05, 0.1) is 23.3 Å². The van der Waals surface area contributed by atoms with Crippen molar-refractivity contribution in [3.8, 4) is 22.8 Å². The number of aromatic nitrogens is 4. The zero-order chi connectivity index (χ0) is 25.7. The SMILES string of the molecule is Cc1ccnc(C)c1NC(=S)NN=Cc1ccc(-c2ncn(-c3ccc(OC(F)(F)F)cc3)n2)cc1. The van der Waals surface area contributed by atoms with Crippen molar-refractivity contribution in [1.82, 2.24) is 25.2 Å². The van der Waals surface area contributed by atoms with Crippen molar-refractivity contribution in [3.63, 3.8) is 0 Å². The van der Waals surface area contributed by atoms with E-state index in [1.165, 1.54) is 35.3 Å². The molecule has 0 spiro atoms. The topological polar surface area (TPSA) is 89.2 Å². The van der Waals surface area contributed by atoms with Crippen LogP contribution >= 0.6 is 12.2 Å². The van der Waals surface area contributed by atoms with Crippen molar-refractivity contribution in [1.29, 1.82) is 0 Å². The predicted molar refractivity (Wildman–Crippen MR) is 134 cm³/mol. The fourth-order valence-corrected chi connectivity index (χ4v) is 3.38. The second-order valence-corrected chi connectivity index (χ2v) is 8.00. The Morgan fingerprint density at radius 3 is 2.42 bits per heavy atom. The highest BCUT2D eigenvalue weighted by Crippen LogP contribution is 2.24. The van der Waals surface area contributed by atoms with Crippen molar-refractivity contribution in [2.24, 2.45) is 5.10 Å². The van der Waals surface area contributed by atoms with E-state index in [4.69, 9.17) is 12.2 Å². The maximum atomic E-state index is 12.3. The van der Waals surface area contributed by atoms with Crippen LogP contribution < -0.4 is 15.5 Å². The van der Waals surface area contributed by atoms with E-state index >= 15 is 0 Å². The molecular weight excluding hydrogens is 491 g/mol. The fourth-order valence-electron chi connectivity index (χ4n) is 3.23. The zero-order valence-corrected chi connectivity index (χ0v) is 19.9. The van der Waals surface area contributed by atoms with Gasteiger partial charge in [-0.2, -0.15) is 5.10 Å². The molecule has 2 aromatic heterocycles. The maximum absolute atomic E-state index is 12.3. The third-order valence-electron chi connectivity index (χ3n) is 4.96. The highest BCUT2D eigenvalue weighted by molar-refractivity contribution is 7.80. The van der Waals surface area contributed by atoms with Gasteiger partial charge in [-0.15, -0.1) is 18.3 Å². The van der Waals surface area contributed by atoms with E-state index in [0.717, 1.165) is 28.1 Å². The molecule has 4 aromatic rings. The number of benzene rings is 2. The lowest BCUT2D eigenvalue weighted by atomic mass is 10.1. The molecule has 36 heavy (non-hydrogen) atoms. The van der Waals surface area contributed by atoms with Crippen molar-refractivity contribution >= 4 is 29.2 Å². The minimum Gasteiger partial charge on any atom is -0.406 e. The molecule has 2 N–H and O–H groups in total. The Labute approximate surface area is 209 Å². The summed E-state index contributed by atoms with van der Waals surface area (Å²) in [6.45, 7) is 3.86. The van der Waals surface area contributed by atoms with Gasteiger partial charge in [0.15, 0.2) is 10.9 Å². The Balaban J connectivity index is 1.36. The molecule has 0 aliphatic carbocycles. The number of halogens is 3. The van der Waals surface area contributed by atoms with E-state index < -0.39 is 6.36 Å². The van der Waals surface area contributed by atoms with Crippen LogP contribution in [-0.2, 0) is 0 Å². The van der Waals surface area contributed by atoms with E-state index in [0.29, 0.717) is 16.6 Å². The molecule has 2 aromatic carbocycles. The lowest BCUT2D eigenvalue weighted by Gasteiger charge is -2.11. The highest BCUT2D eigenvalue weighted by Gasteiger charge is 2.31. The number of hydrogen-bond donors (Lipinski definition) is 2. The fraction of sp³-hybridized carbons (Fsp3) is 0.125. The highest BCUT2D eigenvalue weighted by atomic mass is 32.1. The minimum absolute atomic E-state index is 0.308. The predicted octanol–water partition coefficient (Wildman–Crippen LogP) is 5.17. The van der Waals surface area contributed by atoms with E-state index in [2.05, 4.69) is 35.6 Å². The maximum Gasteiger partial charge on any atom is 0.573 e. The van der Waals surface area contributed by atoms with Crippen LogP contribution in [0.5, 0.6) is 5.75 Å². The van der Waals surface area contributed by atoms with Gasteiger partial charge >= 0.3 is 6.36 Å². The number of aryl methyl sites for hydroxylation is 2. The molecule has 0 saturated carbocycles. The molecule has 0 bridgehead atoms. The summed E-state index contributed by atoms with van der Waals surface area (Å²) in [5.41, 5.74) is 7.60. The van der Waals surface area contributed by atoms with Crippen LogP contribution in [0.15, 0.2) is 72.2 Å². The third-order valence-corrected chi connectivity index (χ3v) is 5.16. The van der Waals surface area contributed by atoms with E-state index in [9.17, 15) is 13.2 Å². The molecular formula is C24H20F3N7OS. The first-order chi connectivity index (χ1) is 17.2. The van der Waals surface area contributed by atoms with Gasteiger partial charge in [0, 0.05) is 11.8 Å². The molecule has 0 aliphatic heterocycles. The number of alkyl halides is 3. The van der Waals surface area contributed by atoms with Crippen molar-refractivity contribution < 1.29 is 17.9 Å². The van der Waals surface area contributed by atoms with Crippen LogP contribution in [0.4, 0.5) is 18.9 Å². The second kappa shape index (κ2) is 10.5. The van der Waals surface area contributed by atoms with Gasteiger partial charge in [-0.1, -0.05) is 24.3 Å². The van der Waals surface area contributed by atoms with E-state index in [1.807, 2.05) is 44.2 Å². The summed E-state index contributed by atoms with van der Waals surface area (Å²) in [4.78, 5) is 8.52. The molecule has 4 rings (SSSR count). The van der Waals surface area contributed by atoms with Gasteiger partial charge in [-0.3, -0.25) is 10.4 Å². The second-order valence-electron chi connectivity index (χ2n) is 7.59. The molecule has 0 amide bonds. The van der Waals surface area contributed by atoms with Crippen molar-refractivity contribution in [3.05, 3.63) is 83.9 Å². The van der Waals surface area contributed by atoms with Crippen LogP contribution in [0.2, 0.25) is 0 Å². The summed E-state index contributed by atoms with van der Waals surface area (Å²) < 4.78 is 42.3. The molecule has 0 unspecified atom stereocenters. The molecule has 0 fully saturated rings. The standard InChI is InChI=1S/C24H20F3N7OS/c1-15-11-12-28-16(2)21(15)31-23(36)32-30-13-17-3-5-18(6-4-17)22-29-14-34(33-22)19-7-9-20(10-8-19)35-24(25,26)27/h3-14H,1-2H3,(H2,31,32,36). The zero-order valence-electron chi connectivity index (χ0n) is 19.1.